The lowest BCUT2D eigenvalue weighted by molar-refractivity contribution is -0.109. The quantitative estimate of drug-likeness (QED) is 0.541. The van der Waals surface area contributed by atoms with Crippen molar-refractivity contribution in [1.82, 2.24) is 24.8 Å². The van der Waals surface area contributed by atoms with Crippen LogP contribution < -0.4 is 10.6 Å². The number of ether oxygens (including phenoxy) is 1. The van der Waals surface area contributed by atoms with Crippen LogP contribution in [-0.4, -0.2) is 65.2 Å². The Morgan fingerprint density at radius 3 is 3.11 bits per heavy atom. The number of nitrogens with one attached hydrogen (secondary N) is 2. The largest absolute Gasteiger partial charge is 0.372 e. The van der Waals surface area contributed by atoms with Gasteiger partial charge in [-0.25, -0.2) is 9.97 Å². The molecule has 2 aliphatic rings. The Labute approximate surface area is 159 Å². The van der Waals surface area contributed by atoms with Gasteiger partial charge < -0.3 is 24.8 Å². The van der Waals surface area contributed by atoms with E-state index in [0.717, 1.165) is 68.7 Å². The fraction of sp³-hybridized carbons (Fsp3) is 0.632. The monoisotopic (exact) mass is 372 g/mol. The van der Waals surface area contributed by atoms with Gasteiger partial charge in [0.25, 0.3) is 0 Å². The van der Waals surface area contributed by atoms with Crippen molar-refractivity contribution in [2.24, 2.45) is 5.92 Å². The SMILES string of the molecule is CNc1ncnc2c1ccn2C1CCC(CN2CCC(CCNC=O)C2)O1. The van der Waals surface area contributed by atoms with Crippen molar-refractivity contribution >= 4 is 23.3 Å². The molecule has 0 aromatic carbocycles. The van der Waals surface area contributed by atoms with Crippen molar-refractivity contribution in [2.75, 3.05) is 38.5 Å². The number of anilines is 1. The molecule has 8 heteroatoms. The zero-order chi connectivity index (χ0) is 18.6. The van der Waals surface area contributed by atoms with E-state index in [0.29, 0.717) is 5.92 Å². The van der Waals surface area contributed by atoms with E-state index in [9.17, 15) is 4.79 Å². The molecule has 2 aromatic heterocycles. The smallest absolute Gasteiger partial charge is 0.207 e. The van der Waals surface area contributed by atoms with Crippen LogP contribution in [0, 0.1) is 5.92 Å². The molecule has 8 nitrogen and oxygen atoms in total. The molecule has 0 spiro atoms. The van der Waals surface area contributed by atoms with E-state index in [4.69, 9.17) is 4.74 Å². The molecule has 0 radical (unpaired) electrons. The van der Waals surface area contributed by atoms with Gasteiger partial charge in [0.05, 0.1) is 11.5 Å². The third kappa shape index (κ3) is 3.91. The van der Waals surface area contributed by atoms with Crippen molar-refractivity contribution in [2.45, 2.75) is 38.0 Å². The van der Waals surface area contributed by atoms with Gasteiger partial charge in [0, 0.05) is 32.9 Å². The van der Waals surface area contributed by atoms with Crippen LogP contribution in [0.25, 0.3) is 11.0 Å². The summed E-state index contributed by atoms with van der Waals surface area (Å²) >= 11 is 0. The zero-order valence-corrected chi connectivity index (χ0v) is 15.8. The topological polar surface area (TPSA) is 84.3 Å². The van der Waals surface area contributed by atoms with Crippen LogP contribution in [0.2, 0.25) is 0 Å². The van der Waals surface area contributed by atoms with E-state index in [2.05, 4.69) is 42.3 Å². The Morgan fingerprint density at radius 2 is 2.26 bits per heavy atom. The number of aromatic nitrogens is 3. The lowest BCUT2D eigenvalue weighted by Crippen LogP contribution is -2.31. The maximum Gasteiger partial charge on any atom is 0.207 e. The summed E-state index contributed by atoms with van der Waals surface area (Å²) < 4.78 is 8.50. The molecule has 0 aliphatic carbocycles. The first-order chi connectivity index (χ1) is 13.3. The van der Waals surface area contributed by atoms with Crippen LogP contribution in [0.5, 0.6) is 0 Å². The predicted molar refractivity (Wildman–Crippen MR) is 103 cm³/mol. The van der Waals surface area contributed by atoms with Gasteiger partial charge in [-0.15, -0.1) is 0 Å². The summed E-state index contributed by atoms with van der Waals surface area (Å²) in [7, 11) is 1.87. The second-order valence-electron chi connectivity index (χ2n) is 7.50. The van der Waals surface area contributed by atoms with Crippen LogP contribution in [0.15, 0.2) is 18.6 Å². The van der Waals surface area contributed by atoms with Crippen LogP contribution in [0.3, 0.4) is 0 Å². The highest BCUT2D eigenvalue weighted by Gasteiger charge is 2.31. The highest BCUT2D eigenvalue weighted by molar-refractivity contribution is 5.87. The molecule has 27 heavy (non-hydrogen) atoms. The van der Waals surface area contributed by atoms with Gasteiger partial charge >= 0.3 is 0 Å². The van der Waals surface area contributed by atoms with Gasteiger partial charge in [0.1, 0.15) is 24.0 Å². The normalized spacial score (nSPS) is 25.9. The maximum absolute atomic E-state index is 10.4. The lowest BCUT2D eigenvalue weighted by atomic mass is 10.1. The van der Waals surface area contributed by atoms with Crippen molar-refractivity contribution in [1.29, 1.82) is 0 Å². The minimum absolute atomic E-state index is 0.0438. The molecule has 2 fully saturated rings. The fourth-order valence-corrected chi connectivity index (χ4v) is 4.38. The second-order valence-corrected chi connectivity index (χ2v) is 7.50. The van der Waals surface area contributed by atoms with E-state index in [1.54, 1.807) is 6.33 Å². The highest BCUT2D eigenvalue weighted by Crippen LogP contribution is 2.33. The van der Waals surface area contributed by atoms with Crippen LogP contribution in [-0.2, 0) is 9.53 Å². The number of hydrogen-bond donors (Lipinski definition) is 2. The van der Waals surface area contributed by atoms with Gasteiger partial charge in [0.15, 0.2) is 0 Å². The van der Waals surface area contributed by atoms with Gasteiger partial charge in [-0.05, 0) is 44.2 Å². The number of nitrogens with zero attached hydrogens (tertiary/aromatic N) is 4. The summed E-state index contributed by atoms with van der Waals surface area (Å²) in [4.78, 5) is 21.6. The first-order valence-electron chi connectivity index (χ1n) is 9.82. The molecule has 2 N–H and O–H groups in total. The molecule has 1 amide bonds. The fourth-order valence-electron chi connectivity index (χ4n) is 4.38. The standard InChI is InChI=1S/C19H28N6O2/c1-20-18-16-6-9-25(19(16)23-12-22-18)17-3-2-15(27-17)11-24-8-5-14(10-24)4-7-21-13-26/h6,9,12-15,17H,2-5,7-8,10-11H2,1H3,(H,21,26)(H,20,22,23). The van der Waals surface area contributed by atoms with Gasteiger partial charge in [0.2, 0.25) is 6.41 Å². The Bertz CT molecular complexity index is 779. The molecule has 2 aliphatic heterocycles. The minimum Gasteiger partial charge on any atom is -0.372 e. The van der Waals surface area contributed by atoms with Crippen molar-refractivity contribution < 1.29 is 9.53 Å². The highest BCUT2D eigenvalue weighted by atomic mass is 16.5. The van der Waals surface area contributed by atoms with E-state index >= 15 is 0 Å². The summed E-state index contributed by atoms with van der Waals surface area (Å²) in [5.74, 6) is 1.53. The number of fused-ring (bicyclic) bond motifs is 1. The number of amides is 1. The van der Waals surface area contributed by atoms with E-state index in [1.807, 2.05) is 7.05 Å². The van der Waals surface area contributed by atoms with E-state index in [1.165, 1.54) is 6.42 Å². The molecule has 4 rings (SSSR count). The third-order valence-corrected chi connectivity index (χ3v) is 5.75. The molecule has 146 valence electrons. The van der Waals surface area contributed by atoms with Crippen molar-refractivity contribution in [3.05, 3.63) is 18.6 Å². The minimum atomic E-state index is 0.0438. The molecule has 3 atom stereocenters. The van der Waals surface area contributed by atoms with Crippen LogP contribution >= 0.6 is 0 Å². The Balaban J connectivity index is 1.33. The van der Waals surface area contributed by atoms with E-state index < -0.39 is 0 Å². The lowest BCUT2D eigenvalue weighted by Gasteiger charge is -2.21. The number of carbonyl (C=O) groups excluding carboxylic acids is 1. The molecule has 4 heterocycles. The van der Waals surface area contributed by atoms with Gasteiger partial charge in [-0.1, -0.05) is 0 Å². The molecular weight excluding hydrogens is 344 g/mol. The van der Waals surface area contributed by atoms with Crippen LogP contribution in [0.1, 0.15) is 31.9 Å². The van der Waals surface area contributed by atoms with Crippen LogP contribution in [0.4, 0.5) is 5.82 Å². The molecule has 0 saturated carbocycles. The maximum atomic E-state index is 10.4. The summed E-state index contributed by atoms with van der Waals surface area (Å²) in [5.41, 5.74) is 0.920. The summed E-state index contributed by atoms with van der Waals surface area (Å²) in [6, 6.07) is 2.05. The van der Waals surface area contributed by atoms with Crippen molar-refractivity contribution in [3.63, 3.8) is 0 Å². The predicted octanol–water partition coefficient (Wildman–Crippen LogP) is 1.61. The molecule has 0 bridgehead atoms. The number of carbonyl (C=O) groups is 1. The zero-order valence-electron chi connectivity index (χ0n) is 15.8. The summed E-state index contributed by atoms with van der Waals surface area (Å²) in [6.45, 7) is 4.00. The first-order valence-corrected chi connectivity index (χ1v) is 9.82. The average Bonchev–Trinajstić information content (AvgIpc) is 3.41. The Kier molecular flexibility index (Phi) is 5.54. The van der Waals surface area contributed by atoms with Gasteiger partial charge in [-0.2, -0.15) is 0 Å². The second kappa shape index (κ2) is 8.22. The first kappa shape index (κ1) is 18.2. The number of hydrogen-bond acceptors (Lipinski definition) is 6. The Hall–Kier alpha value is -2.19. The number of rotatable bonds is 8. The number of likely N-dealkylation sites (tertiary alicyclic amines) is 1. The Morgan fingerprint density at radius 1 is 1.33 bits per heavy atom. The average molecular weight is 372 g/mol. The summed E-state index contributed by atoms with van der Waals surface area (Å²) in [5, 5.41) is 6.91. The molecule has 3 unspecified atom stereocenters. The molecule has 2 aromatic rings. The van der Waals surface area contributed by atoms with Crippen molar-refractivity contribution in [3.8, 4) is 0 Å². The van der Waals surface area contributed by atoms with E-state index in [-0.39, 0.29) is 12.3 Å². The summed E-state index contributed by atoms with van der Waals surface area (Å²) in [6.07, 6.45) is 9.10. The molecule has 2 saturated heterocycles. The van der Waals surface area contributed by atoms with Gasteiger partial charge in [-0.3, -0.25) is 4.79 Å². The molecular formula is C19H28N6O2. The third-order valence-electron chi connectivity index (χ3n) is 5.75.